The first kappa shape index (κ1) is 20.2. The van der Waals surface area contributed by atoms with Crippen LogP contribution in [0.2, 0.25) is 0 Å². The van der Waals surface area contributed by atoms with Gasteiger partial charge in [0, 0.05) is 12.1 Å². The average Bonchev–Trinajstić information content (AvgIpc) is 2.40. The van der Waals surface area contributed by atoms with Gasteiger partial charge in [0.15, 0.2) is 0 Å². The van der Waals surface area contributed by atoms with Crippen LogP contribution in [-0.4, -0.2) is 27.0 Å². The van der Waals surface area contributed by atoms with Gasteiger partial charge < -0.3 is 5.32 Å². The Balaban J connectivity index is 0.00000264. The maximum absolute atomic E-state index is 12.6. The third-order valence-corrected chi connectivity index (χ3v) is 5.51. The third kappa shape index (κ3) is 4.82. The number of halogens is 4. The molecule has 4 nitrogen and oxygen atoms in total. The van der Waals surface area contributed by atoms with E-state index in [0.29, 0.717) is 6.42 Å². The highest BCUT2D eigenvalue weighted by molar-refractivity contribution is 7.89. The molecule has 23 heavy (non-hydrogen) atoms. The smallest absolute Gasteiger partial charge is 0.313 e. The molecule has 1 aliphatic rings. The van der Waals surface area contributed by atoms with Crippen LogP contribution in [0.15, 0.2) is 23.1 Å². The van der Waals surface area contributed by atoms with E-state index in [1.807, 2.05) is 6.92 Å². The Bertz CT molecular complexity index is 650. The predicted molar refractivity (Wildman–Crippen MR) is 84.2 cm³/mol. The highest BCUT2D eigenvalue weighted by Crippen LogP contribution is 2.31. The third-order valence-electron chi connectivity index (χ3n) is 3.86. The molecule has 1 fully saturated rings. The number of hydrogen-bond donors (Lipinski definition) is 2. The fraction of sp³-hybridized carbons (Fsp3) is 0.571. The number of rotatable bonds is 3. The van der Waals surface area contributed by atoms with Crippen molar-refractivity contribution in [3.63, 3.8) is 0 Å². The van der Waals surface area contributed by atoms with Gasteiger partial charge in [0.05, 0.1) is 10.5 Å². The van der Waals surface area contributed by atoms with Crippen molar-refractivity contribution in [1.29, 1.82) is 0 Å². The lowest BCUT2D eigenvalue weighted by Crippen LogP contribution is -2.51. The molecule has 2 rings (SSSR count). The molecule has 0 bridgehead atoms. The van der Waals surface area contributed by atoms with Crippen LogP contribution in [0.4, 0.5) is 13.2 Å². The minimum atomic E-state index is -4.48. The van der Waals surface area contributed by atoms with Crippen LogP contribution in [0.25, 0.3) is 0 Å². The van der Waals surface area contributed by atoms with Crippen LogP contribution >= 0.6 is 12.4 Å². The topological polar surface area (TPSA) is 58.2 Å². The van der Waals surface area contributed by atoms with E-state index < -0.39 is 21.8 Å². The molecule has 1 aliphatic heterocycles. The van der Waals surface area contributed by atoms with Gasteiger partial charge in [-0.15, -0.1) is 12.4 Å². The molecule has 1 aromatic carbocycles. The standard InChI is InChI=1S/C14H19F3N2O2S.ClH/c1-9-8-11(14(15,16)17)5-6-13(9)22(20,21)19-12-4-3-7-18-10(12)2;/h5-6,8,10,12,18-19H,3-4,7H2,1-2H3;1H. The first-order valence-electron chi connectivity index (χ1n) is 7.05. The summed E-state index contributed by atoms with van der Waals surface area (Å²) in [5.74, 6) is 0. The van der Waals surface area contributed by atoms with Crippen LogP contribution in [0, 0.1) is 6.92 Å². The number of benzene rings is 1. The minimum Gasteiger partial charge on any atom is -0.313 e. The van der Waals surface area contributed by atoms with E-state index in [0.717, 1.165) is 31.2 Å². The lowest BCUT2D eigenvalue weighted by molar-refractivity contribution is -0.137. The lowest BCUT2D eigenvalue weighted by Gasteiger charge is -2.30. The normalized spacial score (nSPS) is 22.5. The largest absolute Gasteiger partial charge is 0.416 e. The summed E-state index contributed by atoms with van der Waals surface area (Å²) in [4.78, 5) is -0.113. The second-order valence-corrected chi connectivity index (χ2v) is 7.27. The highest BCUT2D eigenvalue weighted by Gasteiger charge is 2.32. The summed E-state index contributed by atoms with van der Waals surface area (Å²) in [5, 5.41) is 3.17. The van der Waals surface area contributed by atoms with Crippen molar-refractivity contribution in [1.82, 2.24) is 10.0 Å². The van der Waals surface area contributed by atoms with Gasteiger partial charge in [-0.05, 0) is 57.0 Å². The van der Waals surface area contributed by atoms with Crippen LogP contribution in [0.5, 0.6) is 0 Å². The molecule has 0 radical (unpaired) electrons. The minimum absolute atomic E-state index is 0. The predicted octanol–water partition coefficient (Wildman–Crippen LogP) is 2.85. The molecule has 0 saturated carbocycles. The van der Waals surface area contributed by atoms with Gasteiger partial charge in [0.2, 0.25) is 10.0 Å². The summed E-state index contributed by atoms with van der Waals surface area (Å²) in [6, 6.07) is 2.39. The first-order chi connectivity index (χ1) is 10.1. The Morgan fingerprint density at radius 1 is 1.30 bits per heavy atom. The summed E-state index contributed by atoms with van der Waals surface area (Å²) in [6.45, 7) is 4.08. The zero-order chi connectivity index (χ0) is 16.5. The van der Waals surface area contributed by atoms with E-state index in [4.69, 9.17) is 0 Å². The molecule has 1 saturated heterocycles. The summed E-state index contributed by atoms with van der Waals surface area (Å²) < 4.78 is 65.3. The zero-order valence-electron chi connectivity index (χ0n) is 12.8. The van der Waals surface area contributed by atoms with E-state index in [1.165, 1.54) is 6.92 Å². The van der Waals surface area contributed by atoms with Gasteiger partial charge in [0.1, 0.15) is 0 Å². The summed E-state index contributed by atoms with van der Waals surface area (Å²) in [5.41, 5.74) is -0.768. The van der Waals surface area contributed by atoms with Gasteiger partial charge in [-0.2, -0.15) is 13.2 Å². The van der Waals surface area contributed by atoms with Crippen molar-refractivity contribution < 1.29 is 21.6 Å². The van der Waals surface area contributed by atoms with Gasteiger partial charge in [-0.1, -0.05) is 0 Å². The van der Waals surface area contributed by atoms with Gasteiger partial charge in [0.25, 0.3) is 0 Å². The van der Waals surface area contributed by atoms with Crippen molar-refractivity contribution in [2.24, 2.45) is 0 Å². The summed E-state index contributed by atoms with van der Waals surface area (Å²) in [6.07, 6.45) is -2.93. The van der Waals surface area contributed by atoms with Crippen molar-refractivity contribution in [2.75, 3.05) is 6.54 Å². The van der Waals surface area contributed by atoms with E-state index in [1.54, 1.807) is 0 Å². The Morgan fingerprint density at radius 3 is 2.48 bits per heavy atom. The summed E-state index contributed by atoms with van der Waals surface area (Å²) >= 11 is 0. The van der Waals surface area contributed by atoms with E-state index in [-0.39, 0.29) is 34.9 Å². The molecule has 132 valence electrons. The molecule has 1 aromatic rings. The number of hydrogen-bond acceptors (Lipinski definition) is 3. The van der Waals surface area contributed by atoms with Crippen molar-refractivity contribution in [2.45, 2.75) is 49.8 Å². The SMILES string of the molecule is Cc1cc(C(F)(F)F)ccc1S(=O)(=O)NC1CCCNC1C.Cl. The van der Waals surface area contributed by atoms with Crippen LogP contribution < -0.4 is 10.0 Å². The number of aryl methyl sites for hydroxylation is 1. The lowest BCUT2D eigenvalue weighted by atomic mass is 10.0. The van der Waals surface area contributed by atoms with Gasteiger partial charge in [-0.25, -0.2) is 13.1 Å². The van der Waals surface area contributed by atoms with E-state index in [2.05, 4.69) is 10.0 Å². The van der Waals surface area contributed by atoms with Gasteiger partial charge in [-0.3, -0.25) is 0 Å². The average molecular weight is 373 g/mol. The molecule has 0 amide bonds. The molecule has 0 aromatic heterocycles. The van der Waals surface area contributed by atoms with Crippen LogP contribution in [-0.2, 0) is 16.2 Å². The van der Waals surface area contributed by atoms with Crippen LogP contribution in [0.3, 0.4) is 0 Å². The van der Waals surface area contributed by atoms with Crippen molar-refractivity contribution in [3.8, 4) is 0 Å². The highest BCUT2D eigenvalue weighted by atomic mass is 35.5. The monoisotopic (exact) mass is 372 g/mol. The molecular weight excluding hydrogens is 353 g/mol. The van der Waals surface area contributed by atoms with E-state index >= 15 is 0 Å². The van der Waals surface area contributed by atoms with Crippen molar-refractivity contribution in [3.05, 3.63) is 29.3 Å². The Morgan fingerprint density at radius 2 is 1.96 bits per heavy atom. The van der Waals surface area contributed by atoms with E-state index in [9.17, 15) is 21.6 Å². The number of nitrogens with one attached hydrogen (secondary N) is 2. The number of piperidine rings is 1. The summed E-state index contributed by atoms with van der Waals surface area (Å²) in [7, 11) is -3.84. The maximum Gasteiger partial charge on any atom is 0.416 e. The molecule has 2 N–H and O–H groups in total. The molecule has 2 unspecified atom stereocenters. The van der Waals surface area contributed by atoms with Crippen molar-refractivity contribution >= 4 is 22.4 Å². The molecule has 0 spiro atoms. The number of sulfonamides is 1. The van der Waals surface area contributed by atoms with Crippen LogP contribution in [0.1, 0.15) is 30.9 Å². The molecule has 2 atom stereocenters. The molecule has 1 heterocycles. The van der Waals surface area contributed by atoms with Gasteiger partial charge >= 0.3 is 6.18 Å². The number of alkyl halides is 3. The second kappa shape index (κ2) is 7.38. The fourth-order valence-corrected chi connectivity index (χ4v) is 4.17. The quantitative estimate of drug-likeness (QED) is 0.857. The second-order valence-electron chi connectivity index (χ2n) is 5.59. The molecular formula is C14H20ClF3N2O2S. The Kier molecular flexibility index (Phi) is 6.48. The zero-order valence-corrected chi connectivity index (χ0v) is 14.4. The Hall–Kier alpha value is -0.830. The molecule has 9 heteroatoms. The fourth-order valence-electron chi connectivity index (χ4n) is 2.59. The molecule has 0 aliphatic carbocycles. The maximum atomic E-state index is 12.6. The first-order valence-corrected chi connectivity index (χ1v) is 8.53. The Labute approximate surface area is 140 Å².